The number of amides is 2. The number of piperazine rings is 1. The van der Waals surface area contributed by atoms with Gasteiger partial charge in [-0.15, -0.1) is 0 Å². The fourth-order valence-corrected chi connectivity index (χ4v) is 4.35. The molecule has 1 aromatic heterocycles. The van der Waals surface area contributed by atoms with Crippen LogP contribution in [-0.4, -0.2) is 66.5 Å². The minimum absolute atomic E-state index is 0.0367. The van der Waals surface area contributed by atoms with Crippen LogP contribution in [0.5, 0.6) is 0 Å². The van der Waals surface area contributed by atoms with Gasteiger partial charge in [0.15, 0.2) is 0 Å². The van der Waals surface area contributed by atoms with Crippen LogP contribution in [0.15, 0.2) is 41.0 Å². The van der Waals surface area contributed by atoms with Gasteiger partial charge in [0.1, 0.15) is 28.0 Å². The molecule has 2 aliphatic heterocycles. The summed E-state index contributed by atoms with van der Waals surface area (Å²) < 4.78 is 20.9. The lowest BCUT2D eigenvalue weighted by molar-refractivity contribution is -0.117. The van der Waals surface area contributed by atoms with Gasteiger partial charge in [-0.2, -0.15) is 0 Å². The van der Waals surface area contributed by atoms with Gasteiger partial charge in [-0.1, -0.05) is 6.07 Å². The monoisotopic (exact) mass is 518 g/mol. The zero-order valence-electron chi connectivity index (χ0n) is 18.2. The van der Waals surface area contributed by atoms with Crippen molar-refractivity contribution in [2.45, 2.75) is 25.9 Å². The van der Waals surface area contributed by atoms with Crippen LogP contribution in [0.3, 0.4) is 0 Å². The van der Waals surface area contributed by atoms with Crippen molar-refractivity contribution < 1.29 is 23.5 Å². The van der Waals surface area contributed by atoms with E-state index in [4.69, 9.17) is 4.74 Å². The summed E-state index contributed by atoms with van der Waals surface area (Å²) in [5.41, 5.74) is 1.21. The second-order valence-corrected chi connectivity index (χ2v) is 8.93. The number of Topliss-reactive ketones (excluding diaryl/α,β-unsaturated/α-hetero) is 1. The van der Waals surface area contributed by atoms with Crippen molar-refractivity contribution in [3.63, 3.8) is 0 Å². The van der Waals surface area contributed by atoms with E-state index in [-0.39, 0.29) is 24.3 Å². The smallest absolute Gasteiger partial charge is 0.414 e. The van der Waals surface area contributed by atoms with Gasteiger partial charge < -0.3 is 19.3 Å². The molecular formula is C23H24BrFN4O4. The molecule has 4 rings (SSSR count). The lowest BCUT2D eigenvalue weighted by Crippen LogP contribution is -2.49. The largest absolute Gasteiger partial charge is 0.444 e. The SMILES string of the molecule is CC(=O)CC[C@H]1CN(c2ccc(N3CCN(C(=O)c4cccc(Br)n4)CC3)c(F)c2)C(=O)O1. The van der Waals surface area contributed by atoms with E-state index >= 15 is 0 Å². The van der Waals surface area contributed by atoms with Crippen LogP contribution in [0, 0.1) is 5.82 Å². The Labute approximate surface area is 199 Å². The molecule has 3 heterocycles. The summed E-state index contributed by atoms with van der Waals surface area (Å²) in [4.78, 5) is 45.2. The minimum Gasteiger partial charge on any atom is -0.444 e. The number of benzene rings is 1. The van der Waals surface area contributed by atoms with Crippen LogP contribution in [0.1, 0.15) is 30.3 Å². The van der Waals surface area contributed by atoms with E-state index in [1.54, 1.807) is 35.2 Å². The highest BCUT2D eigenvalue weighted by molar-refractivity contribution is 9.10. The van der Waals surface area contributed by atoms with Crippen molar-refractivity contribution in [1.29, 1.82) is 0 Å². The standard InChI is InChI=1S/C23H24BrFN4O4/c1-15(30)5-7-17-14-29(23(32)33-17)16-6-8-20(18(25)13-16)27-9-11-28(12-10-27)22(31)19-3-2-4-21(24)26-19/h2-4,6,8,13,17H,5,7,9-12,14H2,1H3/t17-/m0/s1. The third kappa shape index (κ3) is 5.32. The molecule has 1 aromatic carbocycles. The molecule has 1 atom stereocenters. The maximum absolute atomic E-state index is 15.0. The summed E-state index contributed by atoms with van der Waals surface area (Å²) in [6.45, 7) is 3.64. The molecular weight excluding hydrogens is 495 g/mol. The van der Waals surface area contributed by atoms with Crippen LogP contribution in [0.4, 0.5) is 20.6 Å². The number of rotatable bonds is 6. The average molecular weight is 519 g/mol. The van der Waals surface area contributed by atoms with Crippen molar-refractivity contribution in [1.82, 2.24) is 9.88 Å². The van der Waals surface area contributed by atoms with Gasteiger partial charge >= 0.3 is 6.09 Å². The molecule has 174 valence electrons. The molecule has 2 aromatic rings. The third-order valence-corrected chi connectivity index (χ3v) is 6.22. The molecule has 2 fully saturated rings. The van der Waals surface area contributed by atoms with Crippen molar-refractivity contribution in [2.75, 3.05) is 42.5 Å². The van der Waals surface area contributed by atoms with Crippen molar-refractivity contribution in [3.8, 4) is 0 Å². The molecule has 0 saturated carbocycles. The number of pyridine rings is 1. The van der Waals surface area contributed by atoms with E-state index < -0.39 is 11.9 Å². The number of hydrogen-bond acceptors (Lipinski definition) is 6. The van der Waals surface area contributed by atoms with E-state index in [1.165, 1.54) is 17.9 Å². The average Bonchev–Trinajstić information content (AvgIpc) is 3.18. The van der Waals surface area contributed by atoms with Crippen LogP contribution < -0.4 is 9.80 Å². The number of carbonyl (C=O) groups is 3. The normalized spacial score (nSPS) is 18.5. The Morgan fingerprint density at radius 1 is 1.18 bits per heavy atom. The molecule has 2 amide bonds. The molecule has 0 unspecified atom stereocenters. The van der Waals surface area contributed by atoms with Crippen LogP contribution in [0.2, 0.25) is 0 Å². The van der Waals surface area contributed by atoms with Gasteiger partial charge in [-0.3, -0.25) is 9.69 Å². The van der Waals surface area contributed by atoms with Crippen LogP contribution in [0.25, 0.3) is 0 Å². The number of nitrogens with zero attached hydrogens (tertiary/aromatic N) is 4. The second-order valence-electron chi connectivity index (χ2n) is 8.12. The van der Waals surface area contributed by atoms with Gasteiger partial charge in [0.05, 0.1) is 17.9 Å². The second kappa shape index (κ2) is 9.86. The van der Waals surface area contributed by atoms with E-state index in [0.717, 1.165) is 0 Å². The van der Waals surface area contributed by atoms with Crippen LogP contribution in [-0.2, 0) is 9.53 Å². The maximum Gasteiger partial charge on any atom is 0.414 e. The van der Waals surface area contributed by atoms with Gasteiger partial charge in [-0.25, -0.2) is 14.2 Å². The zero-order chi connectivity index (χ0) is 23.5. The molecule has 0 aliphatic carbocycles. The predicted octanol–water partition coefficient (Wildman–Crippen LogP) is 3.64. The number of carbonyl (C=O) groups excluding carboxylic acids is 3. The van der Waals surface area contributed by atoms with Crippen molar-refractivity contribution in [2.24, 2.45) is 0 Å². The molecule has 33 heavy (non-hydrogen) atoms. The first kappa shape index (κ1) is 23.2. The number of anilines is 2. The minimum atomic E-state index is -0.538. The molecule has 0 radical (unpaired) electrons. The van der Waals surface area contributed by atoms with Gasteiger partial charge in [0.2, 0.25) is 0 Å². The lowest BCUT2D eigenvalue weighted by Gasteiger charge is -2.36. The van der Waals surface area contributed by atoms with E-state index in [2.05, 4.69) is 20.9 Å². The maximum atomic E-state index is 15.0. The first-order chi connectivity index (χ1) is 15.8. The fourth-order valence-electron chi connectivity index (χ4n) is 4.01. The summed E-state index contributed by atoms with van der Waals surface area (Å²) in [5.74, 6) is -0.561. The first-order valence-electron chi connectivity index (χ1n) is 10.8. The highest BCUT2D eigenvalue weighted by atomic mass is 79.9. The van der Waals surface area contributed by atoms with E-state index in [1.807, 2.05) is 4.90 Å². The number of ketones is 1. The molecule has 10 heteroatoms. The number of cyclic esters (lactones) is 1. The summed E-state index contributed by atoms with van der Waals surface area (Å²) >= 11 is 3.28. The number of ether oxygens (including phenoxy) is 1. The topological polar surface area (TPSA) is 83.1 Å². The highest BCUT2D eigenvalue weighted by Crippen LogP contribution is 2.29. The lowest BCUT2D eigenvalue weighted by atomic mass is 10.1. The van der Waals surface area contributed by atoms with Gasteiger partial charge in [-0.05, 0) is 59.6 Å². The summed E-state index contributed by atoms with van der Waals surface area (Å²) in [6.07, 6.45) is -0.125. The highest BCUT2D eigenvalue weighted by Gasteiger charge is 2.33. The predicted molar refractivity (Wildman–Crippen MR) is 124 cm³/mol. The molecule has 0 bridgehead atoms. The molecule has 0 N–H and O–H groups in total. The summed E-state index contributed by atoms with van der Waals surface area (Å²) in [7, 11) is 0. The molecule has 8 nitrogen and oxygen atoms in total. The summed E-state index contributed by atoms with van der Waals surface area (Å²) in [6, 6.07) is 9.86. The van der Waals surface area contributed by atoms with Crippen molar-refractivity contribution in [3.05, 3.63) is 52.5 Å². The number of hydrogen-bond donors (Lipinski definition) is 0. The fraction of sp³-hybridized carbons (Fsp3) is 0.391. The first-order valence-corrected chi connectivity index (χ1v) is 11.5. The quantitative estimate of drug-likeness (QED) is 0.543. The van der Waals surface area contributed by atoms with E-state index in [0.29, 0.717) is 60.7 Å². The Hall–Kier alpha value is -3.01. The molecule has 0 spiro atoms. The summed E-state index contributed by atoms with van der Waals surface area (Å²) in [5, 5.41) is 0. The molecule has 2 aliphatic rings. The van der Waals surface area contributed by atoms with Gasteiger partial charge in [0, 0.05) is 32.6 Å². The Morgan fingerprint density at radius 3 is 2.61 bits per heavy atom. The number of halogens is 2. The third-order valence-electron chi connectivity index (χ3n) is 5.78. The Balaban J connectivity index is 1.38. The van der Waals surface area contributed by atoms with Crippen LogP contribution >= 0.6 is 15.9 Å². The van der Waals surface area contributed by atoms with Gasteiger partial charge in [0.25, 0.3) is 5.91 Å². The Morgan fingerprint density at radius 2 is 1.94 bits per heavy atom. The zero-order valence-corrected chi connectivity index (χ0v) is 19.8. The van der Waals surface area contributed by atoms with Crippen molar-refractivity contribution >= 4 is 45.1 Å². The molecule has 2 saturated heterocycles. The Bertz CT molecular complexity index is 1070. The van der Waals surface area contributed by atoms with E-state index in [9.17, 15) is 18.8 Å². The number of aromatic nitrogens is 1. The Kier molecular flexibility index (Phi) is 6.92.